The Bertz CT molecular complexity index is 1250. The maximum Gasteiger partial charge on any atom is 0.255 e. The van der Waals surface area contributed by atoms with Gasteiger partial charge in [-0.3, -0.25) is 4.79 Å². The number of benzene rings is 2. The number of sulfone groups is 1. The lowest BCUT2D eigenvalue weighted by Crippen LogP contribution is -2.27. The maximum atomic E-state index is 12.9. The zero-order valence-electron chi connectivity index (χ0n) is 20.8. The number of hydrogen-bond acceptors (Lipinski definition) is 9. The quantitative estimate of drug-likeness (QED) is 0.129. The predicted octanol–water partition coefficient (Wildman–Crippen LogP) is 3.42. The van der Waals surface area contributed by atoms with Crippen LogP contribution in [0.3, 0.4) is 0 Å². The topological polar surface area (TPSA) is 137 Å². The average molecular weight is 538 g/mol. The number of rotatable bonds is 13. The van der Waals surface area contributed by atoms with Gasteiger partial charge in [0.1, 0.15) is 31.0 Å². The third kappa shape index (κ3) is 10.2. The van der Waals surface area contributed by atoms with Crippen molar-refractivity contribution in [2.45, 2.75) is 4.90 Å². The zero-order chi connectivity index (χ0) is 26.9. The minimum absolute atomic E-state index is 0.162. The largest absolute Gasteiger partial charge is 0.491 e. The van der Waals surface area contributed by atoms with Crippen LogP contribution in [-0.2, 0) is 19.1 Å². The third-order valence-corrected chi connectivity index (χ3v) is 6.57. The van der Waals surface area contributed by atoms with Gasteiger partial charge in [0.15, 0.2) is 9.84 Å². The molecule has 0 aliphatic heterocycles. The van der Waals surface area contributed by atoms with E-state index in [1.807, 2.05) is 0 Å². The minimum atomic E-state index is -3.34. The molecule has 0 heterocycles. The molecule has 0 unspecified atom stereocenters. The molecule has 0 spiro atoms. The van der Waals surface area contributed by atoms with Crippen LogP contribution in [0.1, 0.15) is 10.4 Å². The van der Waals surface area contributed by atoms with E-state index in [2.05, 4.69) is 11.9 Å². The van der Waals surface area contributed by atoms with E-state index in [1.165, 1.54) is 47.6 Å². The van der Waals surface area contributed by atoms with Crippen molar-refractivity contribution in [2.24, 2.45) is 5.84 Å². The normalized spacial score (nSPS) is 11.8. The van der Waals surface area contributed by atoms with Gasteiger partial charge in [-0.1, -0.05) is 6.58 Å². The molecule has 36 heavy (non-hydrogen) atoms. The summed E-state index contributed by atoms with van der Waals surface area (Å²) in [5, 5.41) is 3.92. The van der Waals surface area contributed by atoms with E-state index in [1.54, 1.807) is 32.6 Å². The van der Waals surface area contributed by atoms with Gasteiger partial charge in [0, 0.05) is 36.9 Å². The molecule has 0 aliphatic carbocycles. The zero-order valence-corrected chi connectivity index (χ0v) is 22.5. The van der Waals surface area contributed by atoms with Gasteiger partial charge in [0.2, 0.25) is 0 Å². The fourth-order valence-electron chi connectivity index (χ4n) is 2.86. The summed E-state index contributed by atoms with van der Waals surface area (Å²) in [5.74, 6) is 6.38. The highest BCUT2D eigenvalue weighted by atomic mass is 32.2. The molecule has 3 N–H and O–H groups in total. The van der Waals surface area contributed by atoms with E-state index in [0.29, 0.717) is 23.9 Å². The molecule has 196 valence electrons. The summed E-state index contributed by atoms with van der Waals surface area (Å²) in [7, 11) is -4.15. The molecule has 0 bridgehead atoms. The van der Waals surface area contributed by atoms with E-state index in [9.17, 15) is 17.8 Å². The van der Waals surface area contributed by atoms with Crippen LogP contribution in [-0.4, -0.2) is 65.5 Å². The second-order valence-electron chi connectivity index (χ2n) is 8.40. The van der Waals surface area contributed by atoms with Crippen LogP contribution in [0.15, 0.2) is 71.9 Å². The number of hydrogen-bond donors (Lipinski definition) is 2. The first-order valence-electron chi connectivity index (χ1n) is 10.8. The van der Waals surface area contributed by atoms with Crippen molar-refractivity contribution in [3.63, 3.8) is 0 Å². The summed E-state index contributed by atoms with van der Waals surface area (Å²) in [6.45, 7) is 7.64. The van der Waals surface area contributed by atoms with Crippen LogP contribution in [0.4, 0.5) is 0 Å². The number of carbonyl (C=O) groups is 1. The summed E-state index contributed by atoms with van der Waals surface area (Å²) in [6.07, 6.45) is 4.26. The summed E-state index contributed by atoms with van der Waals surface area (Å²) in [4.78, 5) is 13.0. The van der Waals surface area contributed by atoms with Crippen LogP contribution >= 0.6 is 7.14 Å². The number of ether oxygens (including phenoxy) is 3. The Morgan fingerprint density at radius 3 is 2.33 bits per heavy atom. The number of allylic oxidation sites excluding steroid dienone is 1. The van der Waals surface area contributed by atoms with Crippen molar-refractivity contribution in [1.82, 2.24) is 10.3 Å². The molecule has 12 heteroatoms. The molecule has 0 saturated heterocycles. The lowest BCUT2D eigenvalue weighted by molar-refractivity contribution is 0.0966. The van der Waals surface area contributed by atoms with Crippen molar-refractivity contribution in [1.29, 1.82) is 0 Å². The summed E-state index contributed by atoms with van der Waals surface area (Å²) >= 11 is 0. The minimum Gasteiger partial charge on any atom is -0.491 e. The molecule has 2 rings (SSSR count). The first kappa shape index (κ1) is 29.1. The monoisotopic (exact) mass is 537 g/mol. The van der Waals surface area contributed by atoms with Gasteiger partial charge in [-0.2, -0.15) is 0 Å². The Hall–Kier alpha value is -3.11. The van der Waals surface area contributed by atoms with Crippen LogP contribution in [0.5, 0.6) is 17.2 Å². The molecule has 2 aromatic carbocycles. The van der Waals surface area contributed by atoms with Gasteiger partial charge in [-0.25, -0.2) is 14.3 Å². The maximum absolute atomic E-state index is 12.9. The second-order valence-corrected chi connectivity index (χ2v) is 13.9. The molecule has 0 aromatic heterocycles. The molecule has 0 fully saturated rings. The lowest BCUT2D eigenvalue weighted by atomic mass is 10.2. The van der Waals surface area contributed by atoms with Gasteiger partial charge in [-0.15, -0.1) is 0 Å². The summed E-state index contributed by atoms with van der Waals surface area (Å²) < 4.78 is 51.7. The van der Waals surface area contributed by atoms with Gasteiger partial charge in [0.05, 0.1) is 17.8 Å². The molecule has 10 nitrogen and oxygen atoms in total. The smallest absolute Gasteiger partial charge is 0.255 e. The van der Waals surface area contributed by atoms with E-state index in [0.717, 1.165) is 6.26 Å². The molecule has 0 radical (unpaired) electrons. The second kappa shape index (κ2) is 12.7. The summed E-state index contributed by atoms with van der Waals surface area (Å²) in [5.41, 5.74) is 0.500. The Morgan fingerprint density at radius 1 is 1.11 bits per heavy atom. The fourth-order valence-corrected chi connectivity index (χ4v) is 4.38. The van der Waals surface area contributed by atoms with E-state index >= 15 is 0 Å². The highest BCUT2D eigenvalue weighted by Crippen LogP contribution is 2.35. The predicted molar refractivity (Wildman–Crippen MR) is 140 cm³/mol. The number of nitrogens with one attached hydrogen (secondary N) is 1. The highest BCUT2D eigenvalue weighted by molar-refractivity contribution is 7.90. The van der Waals surface area contributed by atoms with Crippen molar-refractivity contribution in [3.05, 3.63) is 72.6 Å². The molecule has 2 aromatic rings. The number of methoxy groups -OCH3 is 1. The van der Waals surface area contributed by atoms with E-state index < -0.39 is 22.9 Å². The first-order chi connectivity index (χ1) is 16.8. The Balaban J connectivity index is 2.20. The van der Waals surface area contributed by atoms with Crippen LogP contribution in [0.25, 0.3) is 0 Å². The van der Waals surface area contributed by atoms with E-state index in [4.69, 9.17) is 20.1 Å². The van der Waals surface area contributed by atoms with Crippen molar-refractivity contribution in [2.75, 3.05) is 46.2 Å². The molecular weight excluding hydrogens is 505 g/mol. The Labute approximate surface area is 212 Å². The number of nitrogens with two attached hydrogens (primary N) is 1. The van der Waals surface area contributed by atoms with Crippen LogP contribution in [0.2, 0.25) is 0 Å². The third-order valence-electron chi connectivity index (χ3n) is 4.43. The van der Waals surface area contributed by atoms with Gasteiger partial charge in [0.25, 0.3) is 5.91 Å². The lowest BCUT2D eigenvalue weighted by Gasteiger charge is -2.16. The standard InChI is InChI=1S/C24H32N3O7PS/c1-18(10-11-27(25)17-35(3,4)29)26-24(28)19-14-21(33-13-12-32-2)16-22(15-19)34-20-6-8-23(9-7-20)36(5,30)31/h6-11,14-16H,1,12-13,17,25H2,2-5H3,(H,26,28)/b11-10-. The van der Waals surface area contributed by atoms with Gasteiger partial charge >= 0.3 is 0 Å². The average Bonchev–Trinajstić information content (AvgIpc) is 2.76. The van der Waals surface area contributed by atoms with Crippen LogP contribution in [0, 0.1) is 0 Å². The number of nitrogens with zero attached hydrogens (tertiary/aromatic N) is 1. The van der Waals surface area contributed by atoms with Crippen molar-refractivity contribution in [3.8, 4) is 17.2 Å². The number of carbonyl (C=O) groups excluding carboxylic acids is 1. The Kier molecular flexibility index (Phi) is 10.3. The van der Waals surface area contributed by atoms with Crippen molar-refractivity contribution < 1.29 is 32.0 Å². The molecule has 1 amide bonds. The van der Waals surface area contributed by atoms with E-state index in [-0.39, 0.29) is 29.0 Å². The van der Waals surface area contributed by atoms with Crippen LogP contribution < -0.4 is 20.6 Å². The number of amides is 1. The SMILES string of the molecule is C=C(/C=C\N(N)CP(C)(C)=O)NC(=O)c1cc(OCCOC)cc(Oc2ccc(S(C)(=O)=O)cc2)c1. The molecule has 0 saturated carbocycles. The summed E-state index contributed by atoms with van der Waals surface area (Å²) in [6, 6.07) is 10.6. The number of hydrazine groups is 1. The van der Waals surface area contributed by atoms with Crippen molar-refractivity contribution >= 4 is 22.9 Å². The van der Waals surface area contributed by atoms with Gasteiger partial charge < -0.3 is 29.1 Å². The molecule has 0 aliphatic rings. The first-order valence-corrected chi connectivity index (χ1v) is 15.4. The molecular formula is C24H32N3O7PS. The van der Waals surface area contributed by atoms with Gasteiger partial charge in [-0.05, 0) is 55.8 Å². The molecule has 0 atom stereocenters. The Morgan fingerprint density at radius 2 is 1.75 bits per heavy atom. The highest BCUT2D eigenvalue weighted by Gasteiger charge is 2.13. The fraction of sp³-hybridized carbons (Fsp3) is 0.292.